The molecule has 0 amide bonds. The molecule has 4 aromatic rings. The van der Waals surface area contributed by atoms with Crippen LogP contribution in [0, 0.1) is 0 Å². The summed E-state index contributed by atoms with van der Waals surface area (Å²) >= 11 is 0. The van der Waals surface area contributed by atoms with Crippen LogP contribution in [0.25, 0.3) is 34.0 Å². The molecular formula is C27H31IN2O3. The highest BCUT2D eigenvalue weighted by Crippen LogP contribution is 2.30. The van der Waals surface area contributed by atoms with Crippen LogP contribution >= 0.6 is 0 Å². The molecule has 2 aromatic heterocycles. The fourth-order valence-corrected chi connectivity index (χ4v) is 3.93. The van der Waals surface area contributed by atoms with Gasteiger partial charge < -0.3 is 42.8 Å². The molecule has 33 heavy (non-hydrogen) atoms. The van der Waals surface area contributed by atoms with Gasteiger partial charge in [-0.1, -0.05) is 24.3 Å². The van der Waals surface area contributed by atoms with Gasteiger partial charge in [0.1, 0.15) is 7.05 Å². The lowest BCUT2D eigenvalue weighted by Crippen LogP contribution is -3.00. The summed E-state index contributed by atoms with van der Waals surface area (Å²) in [7, 11) is 3.73. The normalized spacial score (nSPS) is 11.5. The van der Waals surface area contributed by atoms with Crippen LogP contribution in [0.3, 0.4) is 0 Å². The molecule has 0 radical (unpaired) electrons. The molecule has 4 rings (SSSR count). The molecule has 6 heteroatoms. The maximum absolute atomic E-state index is 5.81. The Hall–Kier alpha value is -2.26. The summed E-state index contributed by atoms with van der Waals surface area (Å²) < 4.78 is 20.7. The molecule has 0 aliphatic rings. The van der Waals surface area contributed by atoms with Crippen molar-refractivity contribution in [2.45, 2.75) is 6.54 Å². The van der Waals surface area contributed by atoms with E-state index in [1.807, 2.05) is 6.07 Å². The summed E-state index contributed by atoms with van der Waals surface area (Å²) in [6.45, 7) is 3.84. The highest BCUT2D eigenvalue weighted by Gasteiger charge is 2.10. The lowest BCUT2D eigenvalue weighted by molar-refractivity contribution is -0.673. The molecule has 2 heterocycles. The van der Waals surface area contributed by atoms with E-state index < -0.39 is 0 Å². The smallest absolute Gasteiger partial charge is 0.204 e. The quantitative estimate of drug-likeness (QED) is 0.159. The first-order valence-corrected chi connectivity index (χ1v) is 11.1. The molecule has 0 saturated carbocycles. The third-order valence-corrected chi connectivity index (χ3v) is 5.60. The van der Waals surface area contributed by atoms with Gasteiger partial charge in [-0.2, -0.15) is 0 Å². The van der Waals surface area contributed by atoms with Crippen LogP contribution in [-0.4, -0.2) is 44.7 Å². The number of pyridine rings is 1. The zero-order valence-electron chi connectivity index (χ0n) is 19.2. The van der Waals surface area contributed by atoms with Crippen molar-refractivity contribution in [3.63, 3.8) is 0 Å². The summed E-state index contributed by atoms with van der Waals surface area (Å²) in [5.41, 5.74) is 4.82. The van der Waals surface area contributed by atoms with Gasteiger partial charge in [0.2, 0.25) is 5.69 Å². The van der Waals surface area contributed by atoms with Gasteiger partial charge in [-0.3, -0.25) is 0 Å². The average molecular weight is 558 g/mol. The summed E-state index contributed by atoms with van der Waals surface area (Å²) in [5, 5.41) is 2.54. The molecule has 5 nitrogen and oxygen atoms in total. The minimum atomic E-state index is 0. The van der Waals surface area contributed by atoms with Crippen LogP contribution in [0.4, 0.5) is 0 Å². The average Bonchev–Trinajstić information content (AvgIpc) is 3.13. The molecule has 0 fully saturated rings. The molecular weight excluding hydrogens is 527 g/mol. The van der Waals surface area contributed by atoms with Crippen molar-refractivity contribution in [1.29, 1.82) is 0 Å². The first-order chi connectivity index (χ1) is 15.8. The van der Waals surface area contributed by atoms with Gasteiger partial charge in [0.25, 0.3) is 0 Å². The summed E-state index contributed by atoms with van der Waals surface area (Å²) in [5.74, 6) is 0. The Labute approximate surface area is 212 Å². The first kappa shape index (κ1) is 25.4. The van der Waals surface area contributed by atoms with Gasteiger partial charge in [0.05, 0.1) is 33.0 Å². The Bertz CT molecular complexity index is 1200. The predicted octanol–water partition coefficient (Wildman–Crippen LogP) is 1.47. The first-order valence-electron chi connectivity index (χ1n) is 11.1. The van der Waals surface area contributed by atoms with Gasteiger partial charge in [0.15, 0.2) is 6.20 Å². The Kier molecular flexibility index (Phi) is 9.87. The van der Waals surface area contributed by atoms with Crippen molar-refractivity contribution in [3.8, 4) is 0 Å². The van der Waals surface area contributed by atoms with Crippen LogP contribution in [-0.2, 0) is 27.8 Å². The lowest BCUT2D eigenvalue weighted by atomic mass is 10.1. The van der Waals surface area contributed by atoms with Crippen LogP contribution in [0.5, 0.6) is 0 Å². The number of methoxy groups -OCH3 is 1. The van der Waals surface area contributed by atoms with Crippen molar-refractivity contribution in [2.24, 2.45) is 7.05 Å². The minimum absolute atomic E-state index is 0. The molecule has 0 atom stereocenters. The lowest BCUT2D eigenvalue weighted by Gasteiger charge is -2.09. The molecule has 0 saturated heterocycles. The summed E-state index contributed by atoms with van der Waals surface area (Å²) in [6, 6.07) is 21.5. The number of halogens is 1. The van der Waals surface area contributed by atoms with E-state index in [4.69, 9.17) is 14.2 Å². The Morgan fingerprint density at radius 3 is 2.33 bits per heavy atom. The van der Waals surface area contributed by atoms with Crippen molar-refractivity contribution in [2.75, 3.05) is 40.1 Å². The van der Waals surface area contributed by atoms with Crippen molar-refractivity contribution >= 4 is 34.0 Å². The summed E-state index contributed by atoms with van der Waals surface area (Å²) in [4.78, 5) is 0. The Morgan fingerprint density at radius 1 is 0.788 bits per heavy atom. The van der Waals surface area contributed by atoms with Crippen LogP contribution in [0.1, 0.15) is 11.3 Å². The molecule has 174 valence electrons. The topological polar surface area (TPSA) is 36.5 Å². The second-order valence-electron chi connectivity index (χ2n) is 7.73. The minimum Gasteiger partial charge on any atom is -1.00 e. The van der Waals surface area contributed by atoms with Gasteiger partial charge >= 0.3 is 0 Å². The van der Waals surface area contributed by atoms with Crippen molar-refractivity contribution in [1.82, 2.24) is 4.57 Å². The van der Waals surface area contributed by atoms with Crippen LogP contribution in [0.15, 0.2) is 66.9 Å². The maximum Gasteiger partial charge on any atom is 0.204 e. The monoisotopic (exact) mass is 558 g/mol. The van der Waals surface area contributed by atoms with E-state index >= 15 is 0 Å². The van der Waals surface area contributed by atoms with Gasteiger partial charge in [0, 0.05) is 53.7 Å². The zero-order valence-corrected chi connectivity index (χ0v) is 21.4. The van der Waals surface area contributed by atoms with E-state index in [-0.39, 0.29) is 24.0 Å². The number of aromatic nitrogens is 2. The van der Waals surface area contributed by atoms with E-state index in [0.717, 1.165) is 6.54 Å². The van der Waals surface area contributed by atoms with Crippen LogP contribution < -0.4 is 28.5 Å². The van der Waals surface area contributed by atoms with Crippen molar-refractivity contribution < 1.29 is 42.8 Å². The molecule has 0 spiro atoms. The fraction of sp³-hybridized carbons (Fsp3) is 0.296. The highest BCUT2D eigenvalue weighted by atomic mass is 127. The number of fused-ring (bicyclic) bond motifs is 3. The highest BCUT2D eigenvalue weighted by molar-refractivity contribution is 6.08. The summed E-state index contributed by atoms with van der Waals surface area (Å²) in [6.07, 6.45) is 6.39. The predicted molar refractivity (Wildman–Crippen MR) is 130 cm³/mol. The van der Waals surface area contributed by atoms with Gasteiger partial charge in [-0.05, 0) is 35.9 Å². The van der Waals surface area contributed by atoms with E-state index in [2.05, 4.69) is 89.1 Å². The zero-order chi connectivity index (χ0) is 22.2. The Balaban J connectivity index is 0.00000306. The number of benzene rings is 2. The molecule has 0 aliphatic heterocycles. The number of para-hydroxylation sites is 1. The third-order valence-electron chi connectivity index (χ3n) is 5.60. The van der Waals surface area contributed by atoms with Crippen LogP contribution in [0.2, 0.25) is 0 Å². The van der Waals surface area contributed by atoms with Crippen molar-refractivity contribution in [3.05, 3.63) is 78.1 Å². The Morgan fingerprint density at radius 2 is 1.52 bits per heavy atom. The number of hydrogen-bond donors (Lipinski definition) is 0. The van der Waals surface area contributed by atoms with Gasteiger partial charge in [-0.25, -0.2) is 4.57 Å². The largest absolute Gasteiger partial charge is 1.00 e. The van der Waals surface area contributed by atoms with Gasteiger partial charge in [-0.15, -0.1) is 0 Å². The molecule has 2 aromatic carbocycles. The molecule has 0 aliphatic carbocycles. The van der Waals surface area contributed by atoms with E-state index in [0.29, 0.717) is 33.0 Å². The third kappa shape index (κ3) is 6.41. The van der Waals surface area contributed by atoms with E-state index in [1.54, 1.807) is 7.11 Å². The second-order valence-corrected chi connectivity index (χ2v) is 7.73. The number of aryl methyl sites for hydroxylation is 1. The number of rotatable bonds is 11. The number of ether oxygens (including phenoxy) is 3. The van der Waals surface area contributed by atoms with E-state index in [9.17, 15) is 0 Å². The number of nitrogens with zero attached hydrogens (tertiary/aromatic N) is 2. The molecule has 0 N–H and O–H groups in total. The standard InChI is InChI=1S/C27H31N2O3.HI/c1-28-14-6-5-7-23(28)12-10-22-11-13-27-25(21-22)24-8-3-4-9-26(24)29(27)15-16-31-19-20-32-18-17-30-2;/h3-14,21H,15-20H2,1-2H3;1H/q+1;/p-1. The molecule has 0 unspecified atom stereocenters. The van der Waals surface area contributed by atoms with E-state index in [1.165, 1.54) is 33.1 Å². The number of hydrogen-bond acceptors (Lipinski definition) is 3. The molecule has 0 bridgehead atoms. The fourth-order valence-electron chi connectivity index (χ4n) is 3.93. The SMILES string of the molecule is COCCOCCOCCn1c2ccccc2c2cc(/C=C/c3cccc[n+]3C)ccc21.[I-]. The maximum atomic E-state index is 5.81. The second kappa shape index (κ2) is 12.8.